The number of aryl methyl sites for hydroxylation is 2. The largest absolute Gasteiger partial charge is 0.481 e. The van der Waals surface area contributed by atoms with Crippen molar-refractivity contribution in [1.29, 1.82) is 0 Å². The van der Waals surface area contributed by atoms with Gasteiger partial charge in [0.15, 0.2) is 5.82 Å². The van der Waals surface area contributed by atoms with E-state index >= 15 is 0 Å². The van der Waals surface area contributed by atoms with Gasteiger partial charge in [-0.3, -0.25) is 9.48 Å². The summed E-state index contributed by atoms with van der Waals surface area (Å²) in [5.74, 6) is 1.08. The lowest BCUT2D eigenvalue weighted by molar-refractivity contribution is -0.140. The second-order valence-electron chi connectivity index (χ2n) is 5.73. The van der Waals surface area contributed by atoms with Crippen LogP contribution in [0.5, 0.6) is 0 Å². The number of carboxylic acids is 1. The number of carboxylic acid groups (broad SMARTS) is 1. The number of rotatable bonds is 5. The highest BCUT2D eigenvalue weighted by atomic mass is 16.4. The fraction of sp³-hybridized carbons (Fsp3) is 0.786. The zero-order chi connectivity index (χ0) is 13.9. The van der Waals surface area contributed by atoms with E-state index in [2.05, 4.69) is 10.1 Å². The fourth-order valence-electron chi connectivity index (χ4n) is 3.15. The summed E-state index contributed by atoms with van der Waals surface area (Å²) in [6.45, 7) is 2.03. The molecule has 2 rings (SSSR count). The maximum atomic E-state index is 11.2. The number of carbonyl (C=O) groups is 1. The van der Waals surface area contributed by atoms with Gasteiger partial charge >= 0.3 is 5.97 Å². The van der Waals surface area contributed by atoms with Crippen LogP contribution in [0.3, 0.4) is 0 Å². The van der Waals surface area contributed by atoms with Crippen LogP contribution in [0.4, 0.5) is 0 Å². The summed E-state index contributed by atoms with van der Waals surface area (Å²) in [5, 5.41) is 13.5. The molecule has 0 saturated heterocycles. The molecule has 1 fully saturated rings. The molecule has 1 aromatic rings. The van der Waals surface area contributed by atoms with Gasteiger partial charge in [-0.05, 0) is 18.3 Å². The molecule has 0 aromatic carbocycles. The Labute approximate surface area is 114 Å². The molecule has 0 unspecified atom stereocenters. The van der Waals surface area contributed by atoms with Crippen molar-refractivity contribution < 1.29 is 9.90 Å². The molecule has 0 atom stereocenters. The predicted octanol–water partition coefficient (Wildman–Crippen LogP) is 2.35. The normalized spacial score (nSPS) is 18.4. The quantitative estimate of drug-likeness (QED) is 0.887. The molecule has 0 spiro atoms. The summed E-state index contributed by atoms with van der Waals surface area (Å²) >= 11 is 0. The van der Waals surface area contributed by atoms with Crippen LogP contribution >= 0.6 is 0 Å². The van der Waals surface area contributed by atoms with Gasteiger partial charge in [-0.1, -0.05) is 26.2 Å². The second kappa shape index (κ2) is 5.72. The summed E-state index contributed by atoms with van der Waals surface area (Å²) in [5.41, 5.74) is -0.115. The van der Waals surface area contributed by atoms with E-state index in [-0.39, 0.29) is 11.8 Å². The molecule has 1 aliphatic rings. The van der Waals surface area contributed by atoms with E-state index < -0.39 is 5.97 Å². The van der Waals surface area contributed by atoms with Gasteiger partial charge < -0.3 is 5.11 Å². The molecule has 0 aliphatic heterocycles. The number of hydrogen-bond donors (Lipinski definition) is 1. The summed E-state index contributed by atoms with van der Waals surface area (Å²) in [4.78, 5) is 15.7. The lowest BCUT2D eigenvalue weighted by Gasteiger charge is -2.35. The fourth-order valence-corrected chi connectivity index (χ4v) is 3.15. The van der Waals surface area contributed by atoms with Gasteiger partial charge in [0.2, 0.25) is 0 Å². The highest BCUT2D eigenvalue weighted by molar-refractivity contribution is 5.67. The highest BCUT2D eigenvalue weighted by Gasteiger charge is 2.36. The third kappa shape index (κ3) is 3.33. The molecule has 1 aromatic heterocycles. The van der Waals surface area contributed by atoms with Crippen LogP contribution in [0.1, 0.15) is 57.1 Å². The average molecular weight is 265 g/mol. The Morgan fingerprint density at radius 1 is 1.37 bits per heavy atom. The minimum absolute atomic E-state index is 0.115. The molecule has 0 amide bonds. The Balaban J connectivity index is 2.19. The Hall–Kier alpha value is -1.39. The third-order valence-corrected chi connectivity index (χ3v) is 4.19. The number of nitrogens with zero attached hydrogens (tertiary/aromatic N) is 3. The summed E-state index contributed by atoms with van der Waals surface area (Å²) in [6, 6.07) is 0. The summed E-state index contributed by atoms with van der Waals surface area (Å²) in [7, 11) is 1.90. The van der Waals surface area contributed by atoms with Gasteiger partial charge in [0.1, 0.15) is 5.82 Å². The standard InChI is InChI=1S/C14H23N3O2/c1-3-11-15-12(17(2)16-11)9-14(10-13(18)19)7-5-4-6-8-14/h3-10H2,1-2H3,(H,18,19). The number of aromatic nitrogens is 3. The Morgan fingerprint density at radius 2 is 2.05 bits per heavy atom. The molecule has 1 saturated carbocycles. The maximum absolute atomic E-state index is 11.2. The van der Waals surface area contributed by atoms with Crippen LogP contribution in [0.2, 0.25) is 0 Å². The van der Waals surface area contributed by atoms with Gasteiger partial charge in [0.25, 0.3) is 0 Å². The first-order valence-corrected chi connectivity index (χ1v) is 7.15. The van der Waals surface area contributed by atoms with Crippen molar-refractivity contribution in [2.24, 2.45) is 12.5 Å². The van der Waals surface area contributed by atoms with Crippen LogP contribution in [0, 0.1) is 5.41 Å². The van der Waals surface area contributed by atoms with Crippen molar-refractivity contribution >= 4 is 5.97 Å². The lowest BCUT2D eigenvalue weighted by Crippen LogP contribution is -2.30. The summed E-state index contributed by atoms with van der Waals surface area (Å²) in [6.07, 6.45) is 7.28. The van der Waals surface area contributed by atoms with Crippen LogP contribution in [0.25, 0.3) is 0 Å². The van der Waals surface area contributed by atoms with Crippen LogP contribution in [-0.4, -0.2) is 25.8 Å². The van der Waals surface area contributed by atoms with Crippen molar-refractivity contribution in [1.82, 2.24) is 14.8 Å². The van der Waals surface area contributed by atoms with E-state index in [1.807, 2.05) is 18.7 Å². The first-order chi connectivity index (χ1) is 9.04. The number of aliphatic carboxylic acids is 1. The van der Waals surface area contributed by atoms with Crippen molar-refractivity contribution in [3.8, 4) is 0 Å². The lowest BCUT2D eigenvalue weighted by atomic mass is 9.69. The van der Waals surface area contributed by atoms with Gasteiger partial charge in [-0.15, -0.1) is 0 Å². The Bertz CT molecular complexity index is 448. The van der Waals surface area contributed by atoms with E-state index in [1.165, 1.54) is 6.42 Å². The Kier molecular flexibility index (Phi) is 4.22. The highest BCUT2D eigenvalue weighted by Crippen LogP contribution is 2.41. The zero-order valence-corrected chi connectivity index (χ0v) is 11.9. The average Bonchev–Trinajstić information content (AvgIpc) is 2.70. The molecule has 1 N–H and O–H groups in total. The van der Waals surface area contributed by atoms with E-state index in [1.54, 1.807) is 0 Å². The molecule has 5 heteroatoms. The van der Waals surface area contributed by atoms with Crippen molar-refractivity contribution in [3.63, 3.8) is 0 Å². The molecule has 1 heterocycles. The molecule has 19 heavy (non-hydrogen) atoms. The Morgan fingerprint density at radius 3 is 2.58 bits per heavy atom. The molecule has 1 aliphatic carbocycles. The van der Waals surface area contributed by atoms with Gasteiger partial charge in [0, 0.05) is 19.9 Å². The van der Waals surface area contributed by atoms with Crippen LogP contribution < -0.4 is 0 Å². The zero-order valence-electron chi connectivity index (χ0n) is 11.9. The van der Waals surface area contributed by atoms with Gasteiger partial charge in [-0.25, -0.2) is 4.98 Å². The molecular weight excluding hydrogens is 242 g/mol. The first-order valence-electron chi connectivity index (χ1n) is 7.15. The van der Waals surface area contributed by atoms with Crippen molar-refractivity contribution in [2.45, 2.75) is 58.3 Å². The molecule has 106 valence electrons. The van der Waals surface area contributed by atoms with Crippen molar-refractivity contribution in [3.05, 3.63) is 11.6 Å². The SMILES string of the molecule is CCc1nc(CC2(CC(=O)O)CCCCC2)n(C)n1. The van der Waals surface area contributed by atoms with Gasteiger partial charge in [0.05, 0.1) is 6.42 Å². The monoisotopic (exact) mass is 265 g/mol. The minimum atomic E-state index is -0.695. The molecule has 0 bridgehead atoms. The van der Waals surface area contributed by atoms with E-state index in [4.69, 9.17) is 0 Å². The van der Waals surface area contributed by atoms with Crippen LogP contribution in [0.15, 0.2) is 0 Å². The minimum Gasteiger partial charge on any atom is -0.481 e. The smallest absolute Gasteiger partial charge is 0.303 e. The predicted molar refractivity (Wildman–Crippen MR) is 71.9 cm³/mol. The molecule has 5 nitrogen and oxygen atoms in total. The topological polar surface area (TPSA) is 68.0 Å². The first kappa shape index (κ1) is 14.0. The number of hydrogen-bond acceptors (Lipinski definition) is 3. The summed E-state index contributed by atoms with van der Waals surface area (Å²) < 4.78 is 1.82. The van der Waals surface area contributed by atoms with Crippen molar-refractivity contribution in [2.75, 3.05) is 0 Å². The molecular formula is C14H23N3O2. The van der Waals surface area contributed by atoms with E-state index in [0.29, 0.717) is 0 Å². The van der Waals surface area contributed by atoms with Gasteiger partial charge in [-0.2, -0.15) is 5.10 Å². The maximum Gasteiger partial charge on any atom is 0.303 e. The van der Waals surface area contributed by atoms with Crippen LogP contribution in [-0.2, 0) is 24.7 Å². The molecule has 0 radical (unpaired) electrons. The van der Waals surface area contributed by atoms with E-state index in [0.717, 1.165) is 50.2 Å². The van der Waals surface area contributed by atoms with E-state index in [9.17, 15) is 9.90 Å². The second-order valence-corrected chi connectivity index (χ2v) is 5.73. The third-order valence-electron chi connectivity index (χ3n) is 4.19.